The molecule has 0 saturated heterocycles. The minimum absolute atomic E-state index is 0.248. The van der Waals surface area contributed by atoms with Crippen LogP contribution in [0.25, 0.3) is 0 Å². The van der Waals surface area contributed by atoms with E-state index in [4.69, 9.17) is 9.47 Å². The molecule has 1 spiro atoms. The summed E-state index contributed by atoms with van der Waals surface area (Å²) < 4.78 is 9.50. The second kappa shape index (κ2) is 7.85. The quantitative estimate of drug-likeness (QED) is 0.689. The molecule has 3 rings (SSSR count). The van der Waals surface area contributed by atoms with Crippen LogP contribution in [0.3, 0.4) is 0 Å². The maximum absolute atomic E-state index is 12.4. The largest absolute Gasteiger partial charge is 0.462 e. The molecule has 2 aliphatic rings. The number of hydrogen-bond donors (Lipinski definition) is 0. The van der Waals surface area contributed by atoms with E-state index in [0.717, 1.165) is 11.4 Å². The first-order valence-electron chi connectivity index (χ1n) is 8.55. The van der Waals surface area contributed by atoms with E-state index in [-0.39, 0.29) is 17.6 Å². The summed E-state index contributed by atoms with van der Waals surface area (Å²) in [6.45, 7) is 5.96. The van der Waals surface area contributed by atoms with Gasteiger partial charge in [-0.15, -0.1) is 0 Å². The fourth-order valence-electron chi connectivity index (χ4n) is 2.71. The highest BCUT2D eigenvalue weighted by Gasteiger charge is 2.56. The molecule has 2 heterocycles. The molecule has 2 aliphatic heterocycles. The van der Waals surface area contributed by atoms with Crippen LogP contribution in [0.1, 0.15) is 20.8 Å². The first-order valence-corrected chi connectivity index (χ1v) is 10.2. The van der Waals surface area contributed by atoms with Gasteiger partial charge in [0, 0.05) is 12.7 Å². The summed E-state index contributed by atoms with van der Waals surface area (Å²) in [7, 11) is 1.88. The van der Waals surface area contributed by atoms with E-state index < -0.39 is 10.3 Å². The van der Waals surface area contributed by atoms with E-state index >= 15 is 0 Å². The van der Waals surface area contributed by atoms with Crippen molar-refractivity contribution >= 4 is 46.2 Å². The lowest BCUT2D eigenvalue weighted by Gasteiger charge is -2.39. The third-order valence-electron chi connectivity index (χ3n) is 4.09. The molecule has 9 heteroatoms. The number of esters is 2. The van der Waals surface area contributed by atoms with Crippen molar-refractivity contribution in [3.05, 3.63) is 40.9 Å². The smallest absolute Gasteiger partial charge is 0.365 e. The van der Waals surface area contributed by atoms with Gasteiger partial charge in [-0.25, -0.2) is 14.6 Å². The van der Waals surface area contributed by atoms with Crippen LogP contribution in [-0.2, 0) is 19.1 Å². The van der Waals surface area contributed by atoms with Gasteiger partial charge in [-0.2, -0.15) is 5.10 Å². The highest BCUT2D eigenvalue weighted by Crippen LogP contribution is 2.58. The molecule has 1 aromatic rings. The van der Waals surface area contributed by atoms with Crippen molar-refractivity contribution in [2.75, 3.05) is 25.3 Å². The van der Waals surface area contributed by atoms with Crippen molar-refractivity contribution in [3.63, 3.8) is 0 Å². The van der Waals surface area contributed by atoms with Gasteiger partial charge in [0.15, 0.2) is 0 Å². The molecular weight excluding hydrogens is 386 g/mol. The van der Waals surface area contributed by atoms with Crippen LogP contribution >= 0.6 is 23.5 Å². The van der Waals surface area contributed by atoms with Gasteiger partial charge >= 0.3 is 11.9 Å². The van der Waals surface area contributed by atoms with Crippen molar-refractivity contribution in [2.24, 2.45) is 5.10 Å². The Morgan fingerprint density at radius 2 is 1.70 bits per heavy atom. The Morgan fingerprint density at radius 3 is 2.33 bits per heavy atom. The number of ether oxygens (including phenoxy) is 2. The Bertz CT molecular complexity index is 812. The number of anilines is 1. The predicted octanol–water partition coefficient (Wildman–Crippen LogP) is 3.20. The maximum Gasteiger partial charge on any atom is 0.365 e. The first-order chi connectivity index (χ1) is 12.9. The van der Waals surface area contributed by atoms with Crippen LogP contribution in [0, 0.1) is 0 Å². The highest BCUT2D eigenvalue weighted by molar-refractivity contribution is 8.28. The summed E-state index contributed by atoms with van der Waals surface area (Å²) in [6, 6.07) is 9.53. The predicted molar refractivity (Wildman–Crippen MR) is 108 cm³/mol. The monoisotopic (exact) mass is 407 g/mol. The fourth-order valence-corrected chi connectivity index (χ4v) is 5.59. The summed E-state index contributed by atoms with van der Waals surface area (Å²) in [5, 5.41) is 6.54. The lowest BCUT2D eigenvalue weighted by Crippen LogP contribution is -2.47. The first kappa shape index (κ1) is 19.6. The normalized spacial score (nSPS) is 21.7. The number of hydrogen-bond acceptors (Lipinski definition) is 9. The zero-order chi connectivity index (χ0) is 19.6. The average molecular weight is 408 g/mol. The van der Waals surface area contributed by atoms with Crippen LogP contribution < -0.4 is 5.01 Å². The number of hydrazone groups is 1. The van der Waals surface area contributed by atoms with Crippen LogP contribution in [-0.4, -0.2) is 46.5 Å². The third-order valence-corrected chi connectivity index (χ3v) is 7.12. The lowest BCUT2D eigenvalue weighted by molar-refractivity contribution is -0.137. The van der Waals surface area contributed by atoms with Crippen molar-refractivity contribution < 1.29 is 19.1 Å². The second-order valence-corrected chi connectivity index (χ2v) is 8.32. The topological polar surface area (TPSA) is 71.4 Å². The summed E-state index contributed by atoms with van der Waals surface area (Å²) >= 11 is 2.59. The average Bonchev–Trinajstić information content (AvgIpc) is 3.17. The molecule has 0 saturated carbocycles. The van der Waals surface area contributed by atoms with E-state index in [1.807, 2.05) is 49.2 Å². The van der Waals surface area contributed by atoms with Gasteiger partial charge in [0.2, 0.25) is 9.37 Å². The standard InChI is InChI=1S/C18H21N3O4S2/c1-5-24-16(22)14-12(3)20(4)18(26-14)21(13-10-8-7-9-11-13)19-15(27-18)17(23)25-6-2/h7-11H,5-6H2,1-4H3. The van der Waals surface area contributed by atoms with Gasteiger partial charge in [0.1, 0.15) is 4.91 Å². The summed E-state index contributed by atoms with van der Waals surface area (Å²) in [6.07, 6.45) is 0. The second-order valence-electron chi connectivity index (χ2n) is 5.72. The SMILES string of the molecule is CCOC(=O)C1=NN(c2ccccc2)C2(S1)SC(C(=O)OCC)=C(C)N2C. The maximum atomic E-state index is 12.4. The van der Waals surface area contributed by atoms with Crippen molar-refractivity contribution in [1.82, 2.24) is 4.90 Å². The molecule has 27 heavy (non-hydrogen) atoms. The number of allylic oxidation sites excluding steroid dienone is 1. The van der Waals surface area contributed by atoms with E-state index in [2.05, 4.69) is 5.10 Å². The van der Waals surface area contributed by atoms with Crippen molar-refractivity contribution in [1.29, 1.82) is 0 Å². The Balaban J connectivity index is 2.00. The molecule has 0 radical (unpaired) electrons. The molecule has 0 aliphatic carbocycles. The summed E-state index contributed by atoms with van der Waals surface area (Å²) in [5.74, 6) is -0.849. The molecule has 0 N–H and O–H groups in total. The molecule has 0 aromatic heterocycles. The van der Waals surface area contributed by atoms with Crippen molar-refractivity contribution in [3.8, 4) is 0 Å². The zero-order valence-corrected chi connectivity index (χ0v) is 17.2. The number of thioether (sulfide) groups is 2. The number of para-hydroxylation sites is 1. The zero-order valence-electron chi connectivity index (χ0n) is 15.6. The Hall–Kier alpha value is -2.13. The van der Waals surface area contributed by atoms with Crippen LogP contribution in [0.4, 0.5) is 5.69 Å². The summed E-state index contributed by atoms with van der Waals surface area (Å²) in [4.78, 5) is 27.2. The molecule has 0 fully saturated rings. The van der Waals surface area contributed by atoms with Gasteiger partial charge in [-0.1, -0.05) is 30.0 Å². The summed E-state index contributed by atoms with van der Waals surface area (Å²) in [5.41, 5.74) is 1.58. The van der Waals surface area contributed by atoms with Crippen LogP contribution in [0.5, 0.6) is 0 Å². The van der Waals surface area contributed by atoms with Gasteiger partial charge in [0.05, 0.1) is 18.9 Å². The Labute approximate surface area is 166 Å². The Kier molecular flexibility index (Phi) is 5.71. The number of rotatable bonds is 5. The van der Waals surface area contributed by atoms with Crippen LogP contribution in [0.15, 0.2) is 46.0 Å². The molecule has 1 aromatic carbocycles. The van der Waals surface area contributed by atoms with E-state index in [1.54, 1.807) is 18.9 Å². The van der Waals surface area contributed by atoms with Gasteiger partial charge in [0.25, 0.3) is 0 Å². The molecule has 7 nitrogen and oxygen atoms in total. The number of benzene rings is 1. The van der Waals surface area contributed by atoms with Gasteiger partial charge in [-0.05, 0) is 44.7 Å². The van der Waals surface area contributed by atoms with Gasteiger partial charge in [-0.3, -0.25) is 0 Å². The van der Waals surface area contributed by atoms with E-state index in [0.29, 0.717) is 11.5 Å². The molecule has 0 bridgehead atoms. The molecule has 144 valence electrons. The number of carbonyl (C=O) groups excluding carboxylic acids is 2. The lowest BCUT2D eigenvalue weighted by atomic mass is 10.3. The minimum atomic E-state index is -0.838. The third kappa shape index (κ3) is 3.41. The Morgan fingerprint density at radius 1 is 1.07 bits per heavy atom. The van der Waals surface area contributed by atoms with Gasteiger partial charge < -0.3 is 14.4 Å². The highest BCUT2D eigenvalue weighted by atomic mass is 32.2. The van der Waals surface area contributed by atoms with Crippen LogP contribution in [0.2, 0.25) is 0 Å². The molecule has 1 unspecified atom stereocenters. The number of nitrogens with zero attached hydrogens (tertiary/aromatic N) is 3. The van der Waals surface area contributed by atoms with E-state index in [9.17, 15) is 9.59 Å². The molecule has 0 amide bonds. The molecular formula is C18H21N3O4S2. The minimum Gasteiger partial charge on any atom is -0.462 e. The molecule has 1 atom stereocenters. The van der Waals surface area contributed by atoms with E-state index in [1.165, 1.54) is 23.5 Å². The fraction of sp³-hybridized carbons (Fsp3) is 0.389. The number of carbonyl (C=O) groups is 2. The van der Waals surface area contributed by atoms with Crippen molar-refractivity contribution in [2.45, 2.75) is 25.1 Å².